The van der Waals surface area contributed by atoms with E-state index >= 15 is 0 Å². The molecule has 1 fully saturated rings. The Balaban J connectivity index is 1.89. The quantitative estimate of drug-likeness (QED) is 0.484. The number of nitrogens with zero attached hydrogens (tertiary/aromatic N) is 4. The van der Waals surface area contributed by atoms with E-state index in [9.17, 15) is 32.4 Å². The van der Waals surface area contributed by atoms with Gasteiger partial charge in [-0.25, -0.2) is 18.7 Å². The van der Waals surface area contributed by atoms with Crippen molar-refractivity contribution in [1.82, 2.24) is 19.5 Å². The van der Waals surface area contributed by atoms with Crippen molar-refractivity contribution in [3.8, 4) is 17.6 Å². The van der Waals surface area contributed by atoms with Gasteiger partial charge in [-0.2, -0.15) is 14.0 Å². The highest BCUT2D eigenvalue weighted by atomic mass is 19.3. The molecule has 0 atom stereocenters. The van der Waals surface area contributed by atoms with Crippen molar-refractivity contribution in [3.63, 3.8) is 0 Å². The third-order valence-corrected chi connectivity index (χ3v) is 5.91. The first-order chi connectivity index (χ1) is 16.9. The molecule has 2 aromatic heterocycles. The Hall–Kier alpha value is -4.01. The van der Waals surface area contributed by atoms with E-state index in [1.165, 1.54) is 19.1 Å². The number of benzene rings is 1. The average Bonchev–Trinajstić information content (AvgIpc) is 3.64. The molecule has 1 saturated carbocycles. The first kappa shape index (κ1) is 25.1. The summed E-state index contributed by atoms with van der Waals surface area (Å²) in [7, 11) is 0. The van der Waals surface area contributed by atoms with Gasteiger partial charge in [0.25, 0.3) is 11.1 Å². The van der Waals surface area contributed by atoms with Gasteiger partial charge in [-0.3, -0.25) is 14.2 Å². The lowest BCUT2D eigenvalue weighted by atomic mass is 10.0. The molecule has 0 unspecified atom stereocenters. The summed E-state index contributed by atoms with van der Waals surface area (Å²) >= 11 is 0. The van der Waals surface area contributed by atoms with Gasteiger partial charge in [-0.15, -0.1) is 0 Å². The summed E-state index contributed by atoms with van der Waals surface area (Å²) in [6, 6.07) is 4.98. The number of nitriles is 1. The first-order valence-corrected chi connectivity index (χ1v) is 11.0. The highest BCUT2D eigenvalue weighted by molar-refractivity contribution is 5.52. The van der Waals surface area contributed by atoms with Gasteiger partial charge in [-0.05, 0) is 62.8 Å². The van der Waals surface area contributed by atoms with Crippen LogP contribution in [0.1, 0.15) is 58.2 Å². The Labute approximate surface area is 202 Å². The van der Waals surface area contributed by atoms with Crippen molar-refractivity contribution < 1.29 is 22.3 Å². The highest BCUT2D eigenvalue weighted by Crippen LogP contribution is 2.47. The predicted octanol–water partition coefficient (Wildman–Crippen LogP) is 4.20. The Bertz CT molecular complexity index is 1500. The van der Waals surface area contributed by atoms with Crippen molar-refractivity contribution in [2.24, 2.45) is 0 Å². The minimum atomic E-state index is -4.79. The molecular formula is C24H21F4N5O3. The second kappa shape index (κ2) is 9.22. The molecule has 36 heavy (non-hydrogen) atoms. The van der Waals surface area contributed by atoms with E-state index in [2.05, 4.69) is 15.0 Å². The number of ether oxygens (including phenoxy) is 1. The SMILES string of the molecule is Cc1nc(C)c(Cn2cnc(C(F)(F)C(F)F)c(Oc3c(C)cc(C#N)cc3C3CC3)c2=O)c(=O)[nH]1. The van der Waals surface area contributed by atoms with E-state index in [4.69, 9.17) is 4.74 Å². The highest BCUT2D eigenvalue weighted by Gasteiger charge is 2.48. The Morgan fingerprint density at radius 3 is 2.50 bits per heavy atom. The number of rotatable bonds is 7. The van der Waals surface area contributed by atoms with Crippen LogP contribution in [0.2, 0.25) is 0 Å². The maximum absolute atomic E-state index is 14.5. The molecule has 12 heteroatoms. The van der Waals surface area contributed by atoms with Gasteiger partial charge in [0.05, 0.1) is 30.1 Å². The van der Waals surface area contributed by atoms with Crippen LogP contribution in [-0.4, -0.2) is 25.9 Å². The van der Waals surface area contributed by atoms with Crippen molar-refractivity contribution in [2.45, 2.75) is 58.4 Å². The first-order valence-electron chi connectivity index (χ1n) is 11.0. The lowest BCUT2D eigenvalue weighted by Crippen LogP contribution is -2.33. The number of hydrogen-bond acceptors (Lipinski definition) is 6. The van der Waals surface area contributed by atoms with Gasteiger partial charge in [0, 0.05) is 5.69 Å². The maximum atomic E-state index is 14.5. The fourth-order valence-electron chi connectivity index (χ4n) is 3.93. The van der Waals surface area contributed by atoms with Crippen LogP contribution in [0.15, 0.2) is 28.0 Å². The minimum absolute atomic E-state index is 0.0233. The molecule has 2 heterocycles. The number of H-pyrrole nitrogens is 1. The second-order valence-electron chi connectivity index (χ2n) is 8.69. The summed E-state index contributed by atoms with van der Waals surface area (Å²) in [5.41, 5.74) is -1.68. The zero-order valence-corrected chi connectivity index (χ0v) is 19.5. The van der Waals surface area contributed by atoms with Crippen molar-refractivity contribution in [1.29, 1.82) is 5.26 Å². The topological polar surface area (TPSA) is 114 Å². The molecule has 8 nitrogen and oxygen atoms in total. The van der Waals surface area contributed by atoms with E-state index in [0.717, 1.165) is 17.4 Å². The fraction of sp³-hybridized carbons (Fsp3) is 0.375. The van der Waals surface area contributed by atoms with Crippen molar-refractivity contribution in [3.05, 3.63) is 78.6 Å². The number of aryl methyl sites for hydroxylation is 3. The molecular weight excluding hydrogens is 482 g/mol. The molecule has 188 valence electrons. The van der Waals surface area contributed by atoms with Crippen molar-refractivity contribution >= 4 is 0 Å². The van der Waals surface area contributed by atoms with Gasteiger partial charge >= 0.3 is 12.3 Å². The Morgan fingerprint density at radius 1 is 1.22 bits per heavy atom. The Kier molecular flexibility index (Phi) is 6.43. The number of aromatic nitrogens is 4. The molecule has 1 aliphatic carbocycles. The van der Waals surface area contributed by atoms with Crippen LogP contribution in [0, 0.1) is 32.1 Å². The lowest BCUT2D eigenvalue weighted by molar-refractivity contribution is -0.139. The molecule has 0 aliphatic heterocycles. The third kappa shape index (κ3) is 4.60. The van der Waals surface area contributed by atoms with Crippen LogP contribution < -0.4 is 15.9 Å². The minimum Gasteiger partial charge on any atom is -0.449 e. The molecule has 0 saturated heterocycles. The number of hydrogen-bond donors (Lipinski definition) is 1. The van der Waals surface area contributed by atoms with Crippen LogP contribution >= 0.6 is 0 Å². The fourth-order valence-corrected chi connectivity index (χ4v) is 3.93. The smallest absolute Gasteiger partial charge is 0.352 e. The van der Waals surface area contributed by atoms with E-state index in [1.54, 1.807) is 13.8 Å². The van der Waals surface area contributed by atoms with E-state index in [-0.39, 0.29) is 17.2 Å². The van der Waals surface area contributed by atoms with Crippen LogP contribution in [0.4, 0.5) is 17.6 Å². The summed E-state index contributed by atoms with van der Waals surface area (Å²) < 4.78 is 62.1. The molecule has 0 amide bonds. The molecule has 1 N–H and O–H groups in total. The summed E-state index contributed by atoms with van der Waals surface area (Å²) in [5.74, 6) is -5.51. The number of halogens is 4. The summed E-state index contributed by atoms with van der Waals surface area (Å²) in [6.07, 6.45) is -1.97. The number of alkyl halides is 4. The monoisotopic (exact) mass is 503 g/mol. The average molecular weight is 503 g/mol. The second-order valence-corrected chi connectivity index (χ2v) is 8.69. The van der Waals surface area contributed by atoms with Gasteiger partial charge in [-0.1, -0.05) is 0 Å². The van der Waals surface area contributed by atoms with Crippen LogP contribution in [0.25, 0.3) is 0 Å². The molecule has 0 spiro atoms. The summed E-state index contributed by atoms with van der Waals surface area (Å²) in [5, 5.41) is 9.29. The van der Waals surface area contributed by atoms with Gasteiger partial charge < -0.3 is 9.72 Å². The van der Waals surface area contributed by atoms with Gasteiger partial charge in [0.1, 0.15) is 11.6 Å². The number of aromatic amines is 1. The molecule has 0 radical (unpaired) electrons. The summed E-state index contributed by atoms with van der Waals surface area (Å²) in [4.78, 5) is 35.8. The van der Waals surface area contributed by atoms with E-state index in [0.29, 0.717) is 34.5 Å². The predicted molar refractivity (Wildman–Crippen MR) is 120 cm³/mol. The number of nitrogens with one attached hydrogen (secondary N) is 1. The van der Waals surface area contributed by atoms with Crippen molar-refractivity contribution in [2.75, 3.05) is 0 Å². The largest absolute Gasteiger partial charge is 0.449 e. The molecule has 4 rings (SSSR count). The van der Waals surface area contributed by atoms with Crippen LogP contribution in [0.3, 0.4) is 0 Å². The van der Waals surface area contributed by atoms with Crippen LogP contribution in [-0.2, 0) is 12.5 Å². The van der Waals surface area contributed by atoms with Gasteiger partial charge in [0.2, 0.25) is 5.75 Å². The lowest BCUT2D eigenvalue weighted by Gasteiger charge is -2.21. The molecule has 1 aromatic carbocycles. The third-order valence-electron chi connectivity index (χ3n) is 5.91. The zero-order valence-electron chi connectivity index (χ0n) is 19.5. The Morgan fingerprint density at radius 2 is 1.92 bits per heavy atom. The molecule has 1 aliphatic rings. The molecule has 0 bridgehead atoms. The van der Waals surface area contributed by atoms with Crippen LogP contribution in [0.5, 0.6) is 11.5 Å². The standard InChI is InChI=1S/C24H21F4N5O3/c1-11-6-14(8-29)7-16(15-4-5-15)18(11)36-19-20(24(27,28)23(25)26)30-10-33(22(19)35)9-17-12(2)31-13(3)32-21(17)34/h6-7,10,15,23H,4-5,9H2,1-3H3,(H,31,32,34). The van der Waals surface area contributed by atoms with E-state index < -0.39 is 41.5 Å². The zero-order chi connectivity index (χ0) is 26.4. The normalized spacial score (nSPS) is 13.6. The van der Waals surface area contributed by atoms with Gasteiger partial charge in [0.15, 0.2) is 5.69 Å². The summed E-state index contributed by atoms with van der Waals surface area (Å²) in [6.45, 7) is 4.26. The molecule has 3 aromatic rings. The van der Waals surface area contributed by atoms with E-state index in [1.807, 2.05) is 6.07 Å². The maximum Gasteiger partial charge on any atom is 0.352 e.